The van der Waals surface area contributed by atoms with Crippen molar-refractivity contribution in [3.05, 3.63) is 247 Å². The van der Waals surface area contributed by atoms with Crippen LogP contribution in [0, 0.1) is 6.92 Å². The second kappa shape index (κ2) is 17.1. The van der Waals surface area contributed by atoms with Crippen LogP contribution in [0.5, 0.6) is 0 Å². The molecule has 1 heterocycles. The first-order chi connectivity index (χ1) is 31.7. The van der Waals surface area contributed by atoms with Crippen molar-refractivity contribution in [3.8, 4) is 27.9 Å². The van der Waals surface area contributed by atoms with Crippen LogP contribution < -0.4 is 9.80 Å². The number of aryl methyl sites for hydroxylation is 2. The molecule has 0 bridgehead atoms. The van der Waals surface area contributed by atoms with Gasteiger partial charge in [-0.1, -0.05) is 146 Å². The molecule has 0 spiro atoms. The highest BCUT2D eigenvalue weighted by atomic mass is 15.2. The van der Waals surface area contributed by atoms with Crippen LogP contribution in [-0.2, 0) is 6.42 Å². The van der Waals surface area contributed by atoms with E-state index in [1.54, 1.807) is 0 Å². The fourth-order valence-electron chi connectivity index (χ4n) is 9.66. The van der Waals surface area contributed by atoms with Crippen LogP contribution in [-0.4, -0.2) is 4.57 Å². The van der Waals surface area contributed by atoms with E-state index in [-0.39, 0.29) is 0 Å². The summed E-state index contributed by atoms with van der Waals surface area (Å²) < 4.78 is 2.45. The second-order valence-corrected chi connectivity index (χ2v) is 16.9. The van der Waals surface area contributed by atoms with Gasteiger partial charge in [-0.15, -0.1) is 0 Å². The maximum atomic E-state index is 2.45. The zero-order chi connectivity index (χ0) is 42.8. The van der Waals surface area contributed by atoms with Crippen molar-refractivity contribution in [1.29, 1.82) is 0 Å². The minimum Gasteiger partial charge on any atom is -0.310 e. The number of nitrogens with zero attached hydrogens (tertiary/aromatic N) is 3. The van der Waals surface area contributed by atoms with E-state index in [4.69, 9.17) is 0 Å². The zero-order valence-corrected chi connectivity index (χ0v) is 36.1. The molecule has 8 aromatic carbocycles. The Bertz CT molecular complexity index is 3090. The third-order valence-corrected chi connectivity index (χ3v) is 12.9. The predicted octanol–water partition coefficient (Wildman–Crippen LogP) is 16.9. The average molecular weight is 824 g/mol. The van der Waals surface area contributed by atoms with Gasteiger partial charge in [-0.2, -0.15) is 0 Å². The van der Waals surface area contributed by atoms with E-state index in [1.807, 2.05) is 0 Å². The summed E-state index contributed by atoms with van der Waals surface area (Å²) in [6.07, 6.45) is 15.6. The molecule has 11 rings (SSSR count). The Morgan fingerprint density at radius 3 is 1.55 bits per heavy atom. The smallest absolute Gasteiger partial charge is 0.0558 e. The van der Waals surface area contributed by atoms with Crippen molar-refractivity contribution >= 4 is 56.7 Å². The highest BCUT2D eigenvalue weighted by Gasteiger charge is 2.23. The van der Waals surface area contributed by atoms with Gasteiger partial charge in [0.2, 0.25) is 0 Å². The normalized spacial score (nSPS) is 13.1. The molecule has 2 aliphatic rings. The SMILES string of the molecule is Cc1cc(N(c2ccc(-c3ccccc3)cc2)c2ccc(-c3ccccc3)cc2)ccc1N(c1ccc(C2=CC=CCC2)cc1)c1ccc2c3c(n(-c4ccccc4)c2c1)C=CCC3. The van der Waals surface area contributed by atoms with Crippen LogP contribution in [0.2, 0.25) is 0 Å². The summed E-state index contributed by atoms with van der Waals surface area (Å²) in [6.45, 7) is 2.25. The van der Waals surface area contributed by atoms with Crippen LogP contribution >= 0.6 is 0 Å². The molecule has 0 atom stereocenters. The molecule has 64 heavy (non-hydrogen) atoms. The molecule has 308 valence electrons. The molecule has 0 unspecified atom stereocenters. The van der Waals surface area contributed by atoms with E-state index in [1.165, 1.54) is 66.8 Å². The van der Waals surface area contributed by atoms with Crippen molar-refractivity contribution in [3.63, 3.8) is 0 Å². The van der Waals surface area contributed by atoms with Crippen molar-refractivity contribution in [2.45, 2.75) is 32.6 Å². The summed E-state index contributed by atoms with van der Waals surface area (Å²) in [5.41, 5.74) is 20.4. The molecular formula is C61H49N3. The van der Waals surface area contributed by atoms with Crippen LogP contribution in [0.4, 0.5) is 34.1 Å². The Labute approximate surface area is 376 Å². The van der Waals surface area contributed by atoms with E-state index in [9.17, 15) is 0 Å². The molecule has 0 N–H and O–H groups in total. The summed E-state index contributed by atoms with van der Waals surface area (Å²) >= 11 is 0. The Hall–Kier alpha value is -7.88. The maximum absolute atomic E-state index is 2.45. The quantitative estimate of drug-likeness (QED) is 0.136. The van der Waals surface area contributed by atoms with Gasteiger partial charge >= 0.3 is 0 Å². The first kappa shape index (κ1) is 39.0. The van der Waals surface area contributed by atoms with E-state index in [0.717, 1.165) is 59.8 Å². The highest BCUT2D eigenvalue weighted by Crippen LogP contribution is 2.44. The molecular weight excluding hydrogens is 775 g/mol. The highest BCUT2D eigenvalue weighted by molar-refractivity contribution is 5.95. The Morgan fingerprint density at radius 1 is 0.438 bits per heavy atom. The van der Waals surface area contributed by atoms with E-state index in [2.05, 4.69) is 252 Å². The largest absolute Gasteiger partial charge is 0.310 e. The van der Waals surface area contributed by atoms with Crippen LogP contribution in [0.25, 0.3) is 50.5 Å². The third kappa shape index (κ3) is 7.46. The lowest BCUT2D eigenvalue weighted by atomic mass is 9.97. The monoisotopic (exact) mass is 823 g/mol. The van der Waals surface area contributed by atoms with Gasteiger partial charge in [0.05, 0.1) is 5.52 Å². The van der Waals surface area contributed by atoms with E-state index >= 15 is 0 Å². The minimum absolute atomic E-state index is 1.04. The molecule has 0 amide bonds. The molecule has 0 saturated carbocycles. The average Bonchev–Trinajstić information content (AvgIpc) is 3.70. The zero-order valence-electron chi connectivity index (χ0n) is 36.1. The van der Waals surface area contributed by atoms with Crippen molar-refractivity contribution in [2.24, 2.45) is 0 Å². The number of benzene rings is 8. The molecule has 0 aliphatic heterocycles. The summed E-state index contributed by atoms with van der Waals surface area (Å²) in [7, 11) is 0. The van der Waals surface area contributed by atoms with Gasteiger partial charge < -0.3 is 14.4 Å². The lowest BCUT2D eigenvalue weighted by molar-refractivity contribution is 0.967. The number of aromatic nitrogens is 1. The summed E-state index contributed by atoms with van der Waals surface area (Å²) in [4.78, 5) is 4.82. The van der Waals surface area contributed by atoms with E-state index < -0.39 is 0 Å². The molecule has 1 aromatic heterocycles. The summed E-state index contributed by atoms with van der Waals surface area (Å²) in [5, 5.41) is 1.32. The number of rotatable bonds is 10. The fraction of sp³-hybridized carbons (Fsp3) is 0.0820. The minimum atomic E-state index is 1.04. The summed E-state index contributed by atoms with van der Waals surface area (Å²) in [5.74, 6) is 0. The predicted molar refractivity (Wildman–Crippen MR) is 272 cm³/mol. The molecule has 0 radical (unpaired) electrons. The van der Waals surface area contributed by atoms with Gasteiger partial charge in [-0.05, 0) is 162 Å². The number of anilines is 6. The third-order valence-electron chi connectivity index (χ3n) is 12.9. The summed E-state index contributed by atoms with van der Waals surface area (Å²) in [6, 6.07) is 73.1. The molecule has 9 aromatic rings. The second-order valence-electron chi connectivity index (χ2n) is 16.9. The van der Waals surface area contributed by atoms with Gasteiger partial charge in [0, 0.05) is 50.9 Å². The maximum Gasteiger partial charge on any atom is 0.0558 e. The molecule has 3 nitrogen and oxygen atoms in total. The number of allylic oxidation sites excluding steroid dienone is 5. The van der Waals surface area contributed by atoms with Crippen LogP contribution in [0.15, 0.2) is 224 Å². The van der Waals surface area contributed by atoms with Crippen molar-refractivity contribution in [2.75, 3.05) is 9.80 Å². The Kier molecular flexibility index (Phi) is 10.4. The number of hydrogen-bond acceptors (Lipinski definition) is 2. The Balaban J connectivity index is 1.04. The van der Waals surface area contributed by atoms with Gasteiger partial charge in [0.1, 0.15) is 0 Å². The lowest BCUT2D eigenvalue weighted by Crippen LogP contribution is -2.14. The number of para-hydroxylation sites is 1. The standard InChI is InChI=1S/C61H49N3/c1-44-42-55(62(52-32-26-48(27-33-52)45-16-6-2-7-17-45)53-34-28-49(29-35-53)46-18-8-3-9-19-46)39-41-59(44)63(54-36-30-50(31-37-54)47-20-10-4-11-21-47)56-38-40-58-57-24-14-15-25-60(57)64(61(58)43-56)51-22-12-5-13-23-51/h2-10,12-13,15-20,22-23,25-43H,11,14,21,24H2,1H3. The molecule has 2 aliphatic carbocycles. The lowest BCUT2D eigenvalue weighted by Gasteiger charge is -2.30. The fourth-order valence-corrected chi connectivity index (χ4v) is 9.66. The van der Waals surface area contributed by atoms with Gasteiger partial charge in [0.25, 0.3) is 0 Å². The van der Waals surface area contributed by atoms with Crippen LogP contribution in [0.1, 0.15) is 41.6 Å². The van der Waals surface area contributed by atoms with Gasteiger partial charge in [-0.25, -0.2) is 0 Å². The van der Waals surface area contributed by atoms with E-state index in [0.29, 0.717) is 0 Å². The molecule has 0 fully saturated rings. The van der Waals surface area contributed by atoms with Crippen LogP contribution in [0.3, 0.4) is 0 Å². The van der Waals surface area contributed by atoms with Gasteiger partial charge in [-0.3, -0.25) is 0 Å². The first-order valence-corrected chi connectivity index (χ1v) is 22.5. The molecule has 3 heteroatoms. The Morgan fingerprint density at radius 2 is 0.953 bits per heavy atom. The van der Waals surface area contributed by atoms with Crippen molar-refractivity contribution < 1.29 is 0 Å². The molecule has 0 saturated heterocycles. The van der Waals surface area contributed by atoms with Gasteiger partial charge in [0.15, 0.2) is 0 Å². The topological polar surface area (TPSA) is 11.4 Å². The van der Waals surface area contributed by atoms with Crippen molar-refractivity contribution in [1.82, 2.24) is 4.57 Å². The number of hydrogen-bond donors (Lipinski definition) is 0. The first-order valence-electron chi connectivity index (χ1n) is 22.5. The number of fused-ring (bicyclic) bond motifs is 3.